The molecule has 0 aromatic heterocycles. The van der Waals surface area contributed by atoms with E-state index in [4.69, 9.17) is 52.6 Å². The molecular weight excluding hydrogens is 395 g/mol. The summed E-state index contributed by atoms with van der Waals surface area (Å²) in [6.45, 7) is 0. The predicted octanol–water partition coefficient (Wildman–Crippen LogP) is -0.693. The monoisotopic (exact) mass is 402 g/mol. The fourth-order valence-corrected chi connectivity index (χ4v) is 0. The quantitative estimate of drug-likeness (QED) is 0.276. The maximum Gasteiger partial charge on any atom is 0.394 e. The topological polar surface area (TPSA) is 224 Å². The Morgan fingerprint density at radius 1 is 0.389 bits per heavy atom. The molecule has 0 bridgehead atoms. The molecule has 0 fully saturated rings. The third-order valence-electron chi connectivity index (χ3n) is 0. The van der Waals surface area contributed by atoms with E-state index < -0.39 is 31.2 Å². The van der Waals surface area contributed by atoms with Gasteiger partial charge in [-0.1, -0.05) is 0 Å². The summed E-state index contributed by atoms with van der Waals surface area (Å²) in [6.07, 6.45) is 0. The Morgan fingerprint density at radius 3 is 0.389 bits per heavy atom. The zero-order chi connectivity index (χ0) is 13.5. The van der Waals surface area contributed by atoms with Gasteiger partial charge in [-0.15, -0.1) is 37.2 Å². The van der Waals surface area contributed by atoms with Crippen molar-refractivity contribution >= 4 is 68.4 Å². The highest BCUT2D eigenvalue weighted by Crippen LogP contribution is 1.60. The van der Waals surface area contributed by atoms with Crippen molar-refractivity contribution in [2.45, 2.75) is 0 Å². The molecule has 12 nitrogen and oxygen atoms in total. The van der Waals surface area contributed by atoms with Crippen LogP contribution in [0.5, 0.6) is 0 Å². The molecule has 0 spiro atoms. The lowest BCUT2D eigenvalue weighted by Crippen LogP contribution is -1.89. The van der Waals surface area contributed by atoms with Crippen molar-refractivity contribution < 1.29 is 52.6 Å². The molecule has 0 saturated heterocycles. The van der Waals surface area contributed by atoms with Gasteiger partial charge in [-0.2, -0.15) is 25.3 Å². The van der Waals surface area contributed by atoms with Crippen LogP contribution in [0, 0.1) is 0 Å². The molecule has 0 unspecified atom stereocenters. The van der Waals surface area contributed by atoms with Crippen LogP contribution in [0.25, 0.3) is 0 Å². The summed E-state index contributed by atoms with van der Waals surface area (Å²) in [5.41, 5.74) is 0. The third kappa shape index (κ3) is 17100. The van der Waals surface area contributed by atoms with Gasteiger partial charge < -0.3 is 0 Å². The molecule has 0 heterocycles. The Hall–Kier alpha value is 0.480. The van der Waals surface area contributed by atoms with E-state index in [9.17, 15) is 0 Å². The average Bonchev–Trinajstić information content (AvgIpc) is 1.41. The molecule has 0 saturated carbocycles. The Labute approximate surface area is 121 Å². The van der Waals surface area contributed by atoms with Crippen molar-refractivity contribution in [3.05, 3.63) is 0 Å². The number of rotatable bonds is 0. The van der Waals surface area contributed by atoms with E-state index in [1.165, 1.54) is 0 Å². The van der Waals surface area contributed by atoms with Crippen LogP contribution in [-0.4, -0.2) is 52.6 Å². The molecule has 0 atom stereocenters. The molecule has 18 heteroatoms. The van der Waals surface area contributed by atoms with E-state index in [-0.39, 0.29) is 37.2 Å². The minimum atomic E-state index is -4.67. The SMILES string of the molecule is Cl.Cl.Cl.O=S(=O)(O)O.O=S(=O)(O)O.O=S(=O)(O)O. The first-order valence-corrected chi connectivity index (χ1v) is 6.29. The van der Waals surface area contributed by atoms with Crippen molar-refractivity contribution in [2.24, 2.45) is 0 Å². The van der Waals surface area contributed by atoms with E-state index in [2.05, 4.69) is 0 Å². The van der Waals surface area contributed by atoms with Gasteiger partial charge in [-0.25, -0.2) is 0 Å². The first-order valence-electron chi connectivity index (χ1n) is 2.10. The van der Waals surface area contributed by atoms with Crippen LogP contribution in [0.4, 0.5) is 0 Å². The summed E-state index contributed by atoms with van der Waals surface area (Å²) in [6, 6.07) is 0. The zero-order valence-electron chi connectivity index (χ0n) is 7.58. The molecule has 6 N–H and O–H groups in total. The molecule has 0 aromatic carbocycles. The second kappa shape index (κ2) is 13.9. The second-order valence-corrected chi connectivity index (χ2v) is 4.03. The van der Waals surface area contributed by atoms with Crippen LogP contribution in [0.15, 0.2) is 0 Å². The fraction of sp³-hybridized carbons (Fsp3) is 0. The molecule has 0 rings (SSSR count). The zero-order valence-corrected chi connectivity index (χ0v) is 12.5. The van der Waals surface area contributed by atoms with E-state index >= 15 is 0 Å². The minimum absolute atomic E-state index is 0. The lowest BCUT2D eigenvalue weighted by Gasteiger charge is -1.68. The minimum Gasteiger partial charge on any atom is -0.264 e. The molecule has 0 amide bonds. The van der Waals surface area contributed by atoms with Crippen molar-refractivity contribution in [3.8, 4) is 0 Å². The maximum absolute atomic E-state index is 8.74. The summed E-state index contributed by atoms with van der Waals surface area (Å²) in [5, 5.41) is 0. The largest absolute Gasteiger partial charge is 0.394 e. The molecule has 120 valence electrons. The van der Waals surface area contributed by atoms with Crippen LogP contribution in [0.3, 0.4) is 0 Å². The van der Waals surface area contributed by atoms with Crippen LogP contribution in [0.2, 0.25) is 0 Å². The van der Waals surface area contributed by atoms with Crippen LogP contribution in [-0.2, 0) is 31.2 Å². The Kier molecular flexibility index (Phi) is 28.0. The Bertz CT molecular complexity index is 343. The fourth-order valence-electron chi connectivity index (χ4n) is 0. The molecule has 0 radical (unpaired) electrons. The first-order chi connectivity index (χ1) is 6.00. The molecule has 18 heavy (non-hydrogen) atoms. The van der Waals surface area contributed by atoms with Gasteiger partial charge >= 0.3 is 31.2 Å². The first kappa shape index (κ1) is 36.3. The van der Waals surface area contributed by atoms with Crippen molar-refractivity contribution in [2.75, 3.05) is 0 Å². The molecular formula is H9Cl3O12S3. The molecule has 0 aliphatic rings. The van der Waals surface area contributed by atoms with Gasteiger partial charge in [0.05, 0.1) is 0 Å². The summed E-state index contributed by atoms with van der Waals surface area (Å²) >= 11 is 0. The predicted molar refractivity (Wildman–Crippen MR) is 64.3 cm³/mol. The maximum atomic E-state index is 8.74. The average molecular weight is 404 g/mol. The molecule has 0 aliphatic heterocycles. The van der Waals surface area contributed by atoms with Gasteiger partial charge in [0.2, 0.25) is 0 Å². The van der Waals surface area contributed by atoms with Gasteiger partial charge in [0.15, 0.2) is 0 Å². The van der Waals surface area contributed by atoms with Crippen molar-refractivity contribution in [3.63, 3.8) is 0 Å². The van der Waals surface area contributed by atoms with Gasteiger partial charge in [-0.05, 0) is 0 Å². The third-order valence-corrected chi connectivity index (χ3v) is 0. The smallest absolute Gasteiger partial charge is 0.264 e. The lowest BCUT2D eigenvalue weighted by atomic mass is 15.8. The summed E-state index contributed by atoms with van der Waals surface area (Å²) < 4.78 is 94.8. The highest BCUT2D eigenvalue weighted by Gasteiger charge is 1.85. The number of halogens is 3. The molecule has 0 aliphatic carbocycles. The van der Waals surface area contributed by atoms with Crippen molar-refractivity contribution in [1.29, 1.82) is 0 Å². The lowest BCUT2D eigenvalue weighted by molar-refractivity contribution is 0.378. The summed E-state index contributed by atoms with van der Waals surface area (Å²) in [5.74, 6) is 0. The highest BCUT2D eigenvalue weighted by molar-refractivity contribution is 7.80. The van der Waals surface area contributed by atoms with Crippen LogP contribution in [0.1, 0.15) is 0 Å². The normalized spacial score (nSPS) is 9.67. The Balaban J connectivity index is -0.0000000277. The van der Waals surface area contributed by atoms with Gasteiger partial charge in [-0.3, -0.25) is 27.3 Å². The van der Waals surface area contributed by atoms with E-state index in [1.54, 1.807) is 0 Å². The van der Waals surface area contributed by atoms with Gasteiger partial charge in [0.25, 0.3) is 0 Å². The van der Waals surface area contributed by atoms with Gasteiger partial charge in [0, 0.05) is 0 Å². The summed E-state index contributed by atoms with van der Waals surface area (Å²) in [4.78, 5) is 0. The van der Waals surface area contributed by atoms with E-state index in [0.29, 0.717) is 0 Å². The Morgan fingerprint density at radius 2 is 0.389 bits per heavy atom. The molecule has 0 aromatic rings. The number of hydrogen-bond donors (Lipinski definition) is 6. The number of hydrogen-bond acceptors (Lipinski definition) is 6. The summed E-state index contributed by atoms with van der Waals surface area (Å²) in [7, 11) is -14.0. The van der Waals surface area contributed by atoms with Crippen LogP contribution >= 0.6 is 37.2 Å². The van der Waals surface area contributed by atoms with Gasteiger partial charge in [0.1, 0.15) is 0 Å². The van der Waals surface area contributed by atoms with Crippen LogP contribution < -0.4 is 0 Å². The highest BCUT2D eigenvalue weighted by atomic mass is 35.5. The van der Waals surface area contributed by atoms with E-state index in [0.717, 1.165) is 0 Å². The standard InChI is InChI=1S/3ClH.3H2O4S/c;;;3*1-5(2,3)4/h3*1H;3*(H2,1,2,3,4). The van der Waals surface area contributed by atoms with E-state index in [1.807, 2.05) is 0 Å². The van der Waals surface area contributed by atoms with Crippen molar-refractivity contribution in [1.82, 2.24) is 0 Å². The second-order valence-electron chi connectivity index (χ2n) is 1.34.